The van der Waals surface area contributed by atoms with E-state index in [1.165, 1.54) is 44.5 Å². The van der Waals surface area contributed by atoms with Crippen molar-refractivity contribution >= 4 is 21.8 Å². The third-order valence-electron chi connectivity index (χ3n) is 5.38. The van der Waals surface area contributed by atoms with Crippen LogP contribution in [0.25, 0.3) is 0 Å². The molecule has 0 bridgehead atoms. The predicted octanol–water partition coefficient (Wildman–Crippen LogP) is 1.07. The standard InChI is InChI=1S/C18H29FN4O4S/c1-17(2)16(20)22-18(3,11-23(4)28(17,25)26)13-10-12(6-7-14(13)19)21-15(24)8-9-27-5/h6-7,13H,8-11H2,1-5H3,(H2,20,22)(H,21,24)/t13?,18-/m0/s1. The van der Waals surface area contributed by atoms with Crippen molar-refractivity contribution in [3.8, 4) is 0 Å². The molecule has 0 aromatic rings. The molecule has 1 heterocycles. The summed E-state index contributed by atoms with van der Waals surface area (Å²) in [4.78, 5) is 16.4. The first-order valence-corrected chi connectivity index (χ1v) is 10.5. The highest BCUT2D eigenvalue weighted by Gasteiger charge is 2.50. The molecule has 1 aliphatic carbocycles. The number of sulfonamides is 1. The average Bonchev–Trinajstić information content (AvgIpc) is 2.64. The molecule has 1 unspecified atom stereocenters. The molecular formula is C18H29FN4O4S. The van der Waals surface area contributed by atoms with Crippen LogP contribution in [0.3, 0.4) is 0 Å². The van der Waals surface area contributed by atoms with Gasteiger partial charge in [0.2, 0.25) is 15.9 Å². The Kier molecular flexibility index (Phi) is 6.37. The summed E-state index contributed by atoms with van der Waals surface area (Å²) in [6, 6.07) is 0. The molecule has 0 aromatic heterocycles. The maximum absolute atomic E-state index is 14.8. The van der Waals surface area contributed by atoms with E-state index in [4.69, 9.17) is 10.5 Å². The molecule has 0 spiro atoms. The molecule has 0 saturated carbocycles. The van der Waals surface area contributed by atoms with Crippen LogP contribution in [0.2, 0.25) is 0 Å². The van der Waals surface area contributed by atoms with Gasteiger partial charge in [-0.25, -0.2) is 17.1 Å². The number of amides is 1. The number of ether oxygens (including phenoxy) is 1. The Morgan fingerprint density at radius 3 is 2.68 bits per heavy atom. The summed E-state index contributed by atoms with van der Waals surface area (Å²) in [5.41, 5.74) is 5.46. The Balaban J connectivity index is 2.33. The number of methoxy groups -OCH3 is 1. The van der Waals surface area contributed by atoms with Gasteiger partial charge in [0, 0.05) is 32.3 Å². The first-order valence-electron chi connectivity index (χ1n) is 9.02. The molecule has 10 heteroatoms. The number of rotatable bonds is 5. The van der Waals surface area contributed by atoms with Gasteiger partial charge in [0.25, 0.3) is 0 Å². The molecule has 0 saturated heterocycles. The van der Waals surface area contributed by atoms with E-state index in [1.54, 1.807) is 6.92 Å². The molecule has 28 heavy (non-hydrogen) atoms. The van der Waals surface area contributed by atoms with E-state index >= 15 is 0 Å². The number of allylic oxidation sites excluding steroid dienone is 3. The zero-order chi connectivity index (χ0) is 21.3. The van der Waals surface area contributed by atoms with E-state index in [-0.39, 0.29) is 37.7 Å². The lowest BCUT2D eigenvalue weighted by molar-refractivity contribution is -0.121. The minimum Gasteiger partial charge on any atom is -0.386 e. The number of hydrogen-bond donors (Lipinski definition) is 2. The second kappa shape index (κ2) is 7.92. The van der Waals surface area contributed by atoms with E-state index in [2.05, 4.69) is 10.3 Å². The largest absolute Gasteiger partial charge is 0.386 e. The molecule has 158 valence electrons. The normalized spacial score (nSPS) is 29.9. The van der Waals surface area contributed by atoms with Crippen LogP contribution >= 0.6 is 0 Å². The molecular weight excluding hydrogens is 387 g/mol. The second-order valence-corrected chi connectivity index (χ2v) is 10.5. The maximum atomic E-state index is 14.8. The van der Waals surface area contributed by atoms with Crippen LogP contribution in [-0.4, -0.2) is 62.1 Å². The van der Waals surface area contributed by atoms with Crippen LogP contribution in [-0.2, 0) is 19.6 Å². The highest BCUT2D eigenvalue weighted by Crippen LogP contribution is 2.40. The van der Waals surface area contributed by atoms with Crippen LogP contribution in [0.15, 0.2) is 28.7 Å². The quantitative estimate of drug-likeness (QED) is 0.696. The van der Waals surface area contributed by atoms with E-state index in [0.717, 1.165) is 0 Å². The van der Waals surface area contributed by atoms with Crippen molar-refractivity contribution in [1.29, 1.82) is 0 Å². The van der Waals surface area contributed by atoms with Crippen molar-refractivity contribution in [3.63, 3.8) is 0 Å². The van der Waals surface area contributed by atoms with Gasteiger partial charge >= 0.3 is 0 Å². The number of halogens is 1. The topological polar surface area (TPSA) is 114 Å². The summed E-state index contributed by atoms with van der Waals surface area (Å²) in [6.45, 7) is 4.90. The Morgan fingerprint density at radius 2 is 2.07 bits per heavy atom. The average molecular weight is 417 g/mol. The number of likely N-dealkylation sites (N-methyl/N-ethyl adjacent to an activating group) is 1. The van der Waals surface area contributed by atoms with Crippen molar-refractivity contribution in [2.24, 2.45) is 16.6 Å². The Bertz CT molecular complexity index is 835. The smallest absolute Gasteiger partial charge is 0.226 e. The molecule has 3 N–H and O–H groups in total. The highest BCUT2D eigenvalue weighted by atomic mass is 32.2. The van der Waals surface area contributed by atoms with Gasteiger partial charge in [0.05, 0.1) is 18.6 Å². The second-order valence-electron chi connectivity index (χ2n) is 7.92. The zero-order valence-corrected chi connectivity index (χ0v) is 17.8. The SMILES string of the molecule is COCCC(=O)NC1=CC=C(F)C([C@]2(C)CN(C)S(=O)(=O)C(C)(C)C(N)=N2)C1. The fourth-order valence-electron chi connectivity index (χ4n) is 3.42. The zero-order valence-electron chi connectivity index (χ0n) is 17.0. The summed E-state index contributed by atoms with van der Waals surface area (Å²) < 4.78 is 45.0. The maximum Gasteiger partial charge on any atom is 0.226 e. The van der Waals surface area contributed by atoms with E-state index in [0.29, 0.717) is 5.70 Å². The Labute approximate surface area is 165 Å². The van der Waals surface area contributed by atoms with Gasteiger partial charge < -0.3 is 15.8 Å². The van der Waals surface area contributed by atoms with Crippen molar-refractivity contribution in [2.45, 2.75) is 43.9 Å². The van der Waals surface area contributed by atoms with E-state index in [9.17, 15) is 17.6 Å². The van der Waals surface area contributed by atoms with E-state index < -0.39 is 32.1 Å². The number of carbonyl (C=O) groups is 1. The van der Waals surface area contributed by atoms with Gasteiger partial charge in [0.15, 0.2) is 0 Å². The number of amidine groups is 1. The van der Waals surface area contributed by atoms with Gasteiger partial charge in [-0.2, -0.15) is 0 Å². The highest BCUT2D eigenvalue weighted by molar-refractivity contribution is 7.91. The van der Waals surface area contributed by atoms with Crippen molar-refractivity contribution in [3.05, 3.63) is 23.7 Å². The molecule has 1 amide bonds. The van der Waals surface area contributed by atoms with Gasteiger partial charge in [-0.1, -0.05) is 0 Å². The summed E-state index contributed by atoms with van der Waals surface area (Å²) in [7, 11) is -0.814. The molecule has 1 aliphatic heterocycles. The number of nitrogens with one attached hydrogen (secondary N) is 1. The van der Waals surface area contributed by atoms with Crippen LogP contribution in [0.1, 0.15) is 33.6 Å². The first kappa shape index (κ1) is 22.5. The summed E-state index contributed by atoms with van der Waals surface area (Å²) >= 11 is 0. The molecule has 2 atom stereocenters. The summed E-state index contributed by atoms with van der Waals surface area (Å²) in [5.74, 6) is -1.50. The van der Waals surface area contributed by atoms with Crippen molar-refractivity contribution < 1.29 is 22.3 Å². The van der Waals surface area contributed by atoms with Crippen molar-refractivity contribution in [2.75, 3.05) is 27.3 Å². The van der Waals surface area contributed by atoms with Crippen LogP contribution in [0.4, 0.5) is 4.39 Å². The molecule has 8 nitrogen and oxygen atoms in total. The van der Waals surface area contributed by atoms with Crippen molar-refractivity contribution in [1.82, 2.24) is 9.62 Å². The minimum atomic E-state index is -3.76. The van der Waals surface area contributed by atoms with Gasteiger partial charge in [-0.05, 0) is 39.3 Å². The molecule has 0 aromatic carbocycles. The van der Waals surface area contributed by atoms with Gasteiger partial charge in [-0.3, -0.25) is 9.79 Å². The monoisotopic (exact) mass is 416 g/mol. The lowest BCUT2D eigenvalue weighted by atomic mass is 9.79. The summed E-state index contributed by atoms with van der Waals surface area (Å²) in [6.07, 6.45) is 3.14. The molecule has 0 radical (unpaired) electrons. The molecule has 2 aliphatic rings. The van der Waals surface area contributed by atoms with Crippen LogP contribution < -0.4 is 11.1 Å². The summed E-state index contributed by atoms with van der Waals surface area (Å²) in [5, 5.41) is 2.75. The predicted molar refractivity (Wildman–Crippen MR) is 106 cm³/mol. The number of aliphatic imine (C=N–C) groups is 1. The first-order chi connectivity index (χ1) is 12.8. The minimum absolute atomic E-state index is 0.0315. The van der Waals surface area contributed by atoms with Crippen LogP contribution in [0, 0.1) is 5.92 Å². The fourth-order valence-corrected chi connectivity index (χ4v) is 4.94. The third kappa shape index (κ3) is 4.13. The number of nitrogens with two attached hydrogens (primary N) is 1. The van der Waals surface area contributed by atoms with E-state index in [1.807, 2.05) is 0 Å². The van der Waals surface area contributed by atoms with Gasteiger partial charge in [0.1, 0.15) is 16.4 Å². The Hall–Kier alpha value is -1.78. The molecule has 2 rings (SSSR count). The lowest BCUT2D eigenvalue weighted by Gasteiger charge is -2.36. The molecule has 0 fully saturated rings. The van der Waals surface area contributed by atoms with Crippen LogP contribution in [0.5, 0.6) is 0 Å². The third-order valence-corrected chi connectivity index (χ3v) is 7.82. The Morgan fingerprint density at radius 1 is 1.43 bits per heavy atom. The number of hydrogen-bond acceptors (Lipinski definition) is 6. The van der Waals surface area contributed by atoms with Gasteiger partial charge in [-0.15, -0.1) is 0 Å². The number of carbonyl (C=O) groups excluding carboxylic acids is 1. The fraction of sp³-hybridized carbons (Fsp3) is 0.667. The number of nitrogens with zero attached hydrogens (tertiary/aromatic N) is 2. The lowest BCUT2D eigenvalue weighted by Crippen LogP contribution is -2.50.